The zero-order valence-corrected chi connectivity index (χ0v) is 23.7. The second-order valence-corrected chi connectivity index (χ2v) is 12.9. The predicted octanol–water partition coefficient (Wildman–Crippen LogP) is 4.38. The first kappa shape index (κ1) is 27.4. The maximum atomic E-state index is 14.0. The van der Waals surface area contributed by atoms with Crippen molar-refractivity contribution in [2.24, 2.45) is 28.6 Å². The van der Waals surface area contributed by atoms with Crippen LogP contribution in [0.5, 0.6) is 0 Å². The van der Waals surface area contributed by atoms with E-state index < -0.39 is 51.7 Å². The number of rotatable bonds is 6. The number of hydrogen-bond acceptors (Lipinski definition) is 7. The molecular weight excluding hydrogens is 508 g/mol. The summed E-state index contributed by atoms with van der Waals surface area (Å²) >= 11 is 7.70. The number of nitrogens with zero attached hydrogens (tertiary/aromatic N) is 1. The number of ketones is 1. The smallest absolute Gasteiger partial charge is 0.306 e. The number of H-pyrrole nitrogens is 1. The number of Topliss-reactive ketones (excluding diaryl/α,β-unsaturated/α-hetero) is 1. The molecule has 0 spiro atoms. The third-order valence-electron chi connectivity index (χ3n) is 10.6. The Balaban J connectivity index is 1.58. The van der Waals surface area contributed by atoms with Crippen LogP contribution in [0.1, 0.15) is 84.4 Å². The third-order valence-corrected chi connectivity index (χ3v) is 11.6. The summed E-state index contributed by atoms with van der Waals surface area (Å²) in [5.74, 6) is -1.89. The van der Waals surface area contributed by atoms with Crippen molar-refractivity contribution in [1.29, 1.82) is 0 Å². The molecule has 38 heavy (non-hydrogen) atoms. The lowest BCUT2D eigenvalue weighted by Gasteiger charge is -2.64. The molecule has 1 aromatic heterocycles. The molecule has 0 bridgehead atoms. The molecular formula is C29H39ClN2O6. The summed E-state index contributed by atoms with van der Waals surface area (Å²) in [5.41, 5.74) is 0.405. The predicted molar refractivity (Wildman–Crippen MR) is 141 cm³/mol. The normalized spacial score (nSPS) is 41.2. The van der Waals surface area contributed by atoms with Gasteiger partial charge in [-0.1, -0.05) is 40.2 Å². The van der Waals surface area contributed by atoms with E-state index in [-0.39, 0.29) is 37.0 Å². The lowest BCUT2D eigenvalue weighted by Crippen LogP contribution is -2.70. The van der Waals surface area contributed by atoms with Crippen LogP contribution >= 0.6 is 11.6 Å². The fourth-order valence-corrected chi connectivity index (χ4v) is 9.29. The molecule has 4 aliphatic carbocycles. The van der Waals surface area contributed by atoms with E-state index in [9.17, 15) is 19.5 Å². The van der Waals surface area contributed by atoms with Gasteiger partial charge in [-0.25, -0.2) is 0 Å². The van der Waals surface area contributed by atoms with Gasteiger partial charge in [0, 0.05) is 29.6 Å². The number of esters is 2. The first-order chi connectivity index (χ1) is 17.9. The average molecular weight is 547 g/mol. The largest absolute Gasteiger partial charge is 0.457 e. The van der Waals surface area contributed by atoms with Crippen LogP contribution in [0.3, 0.4) is 0 Å². The number of aromatic nitrogens is 2. The number of aliphatic hydroxyl groups excluding tert-OH is 1. The number of hydrogen-bond donors (Lipinski definition) is 2. The number of halogens is 1. The average Bonchev–Trinajstić information content (AvgIpc) is 3.41. The number of carbonyl (C=O) groups is 3. The summed E-state index contributed by atoms with van der Waals surface area (Å²) in [5, 5.41) is 19.3. The van der Waals surface area contributed by atoms with Gasteiger partial charge in [0.2, 0.25) is 5.78 Å². The van der Waals surface area contributed by atoms with Crippen LogP contribution in [0.2, 0.25) is 0 Å². The van der Waals surface area contributed by atoms with Gasteiger partial charge in [-0.15, -0.1) is 11.6 Å². The molecule has 0 amide bonds. The van der Waals surface area contributed by atoms with Crippen molar-refractivity contribution < 1.29 is 29.0 Å². The van der Waals surface area contributed by atoms with Gasteiger partial charge in [-0.2, -0.15) is 5.10 Å². The van der Waals surface area contributed by atoms with Gasteiger partial charge < -0.3 is 14.6 Å². The number of alkyl halides is 1. The molecule has 208 valence electrons. The molecule has 2 N–H and O–H groups in total. The lowest BCUT2D eigenvalue weighted by atomic mass is 9.44. The van der Waals surface area contributed by atoms with Crippen molar-refractivity contribution in [3.63, 3.8) is 0 Å². The van der Waals surface area contributed by atoms with Crippen molar-refractivity contribution in [1.82, 2.24) is 10.2 Å². The summed E-state index contributed by atoms with van der Waals surface area (Å²) in [6.07, 6.45) is 6.36. The molecule has 0 aromatic carbocycles. The van der Waals surface area contributed by atoms with Gasteiger partial charge in [0.05, 0.1) is 22.9 Å². The maximum Gasteiger partial charge on any atom is 0.306 e. The Bertz CT molecular complexity index is 1200. The highest BCUT2D eigenvalue weighted by atomic mass is 35.5. The van der Waals surface area contributed by atoms with Crippen molar-refractivity contribution in [3.8, 4) is 0 Å². The van der Waals surface area contributed by atoms with Gasteiger partial charge in [0.1, 0.15) is 0 Å². The van der Waals surface area contributed by atoms with Gasteiger partial charge >= 0.3 is 11.9 Å². The van der Waals surface area contributed by atoms with Crippen molar-refractivity contribution in [2.45, 2.75) is 96.1 Å². The Morgan fingerprint density at radius 1 is 1.18 bits per heavy atom. The van der Waals surface area contributed by atoms with Gasteiger partial charge in [0.25, 0.3) is 0 Å². The second kappa shape index (κ2) is 9.19. The first-order valence-electron chi connectivity index (χ1n) is 13.9. The number of allylic oxidation sites excluding steroid dienone is 1. The molecule has 8 nitrogen and oxygen atoms in total. The molecule has 0 unspecified atom stereocenters. The van der Waals surface area contributed by atoms with E-state index in [1.54, 1.807) is 13.8 Å². The number of fused-ring (bicyclic) bond motifs is 6. The van der Waals surface area contributed by atoms with Crippen LogP contribution in [0, 0.1) is 28.6 Å². The van der Waals surface area contributed by atoms with Crippen LogP contribution in [0.4, 0.5) is 0 Å². The number of aromatic amines is 1. The highest BCUT2D eigenvalue weighted by Gasteiger charge is 2.76. The lowest BCUT2D eigenvalue weighted by molar-refractivity contribution is -0.204. The van der Waals surface area contributed by atoms with Crippen LogP contribution in [-0.2, 0) is 30.3 Å². The SMILES string of the molecule is CCC(=O)OCC(=O)[C@]1(OC(=O)CC)[C@@H](C)C[C@H]2[C@@H]3CCC4=Cc5[nH]ncc5C[C@]4(C)[C@@]3(Cl)[C@@H](O)C[C@@]21C. The van der Waals surface area contributed by atoms with E-state index >= 15 is 0 Å². The molecule has 3 fully saturated rings. The highest BCUT2D eigenvalue weighted by molar-refractivity contribution is 6.26. The summed E-state index contributed by atoms with van der Waals surface area (Å²) in [4.78, 5) is 37.7. The quantitative estimate of drug-likeness (QED) is 0.401. The standard InChI is InChI=1S/C29H39ClN2O6/c1-6-24(35)37-15-23(34)29(38-25(36)7-2)16(3)10-20-19-9-8-18-11-21-17(14-31-32-21)12-26(18,4)28(19,30)22(33)13-27(20,29)5/h11,14,16,19-20,22,33H,6-10,12-13,15H2,1-5H3,(H,31,32)/t16-,19-,20-,22-,26-,27-,28-,29+/m0/s1. The summed E-state index contributed by atoms with van der Waals surface area (Å²) in [6, 6.07) is 0. The van der Waals surface area contributed by atoms with Crippen LogP contribution in [-0.4, -0.2) is 56.2 Å². The zero-order valence-electron chi connectivity index (χ0n) is 22.9. The van der Waals surface area contributed by atoms with Crippen molar-refractivity contribution >= 4 is 35.4 Å². The molecule has 0 aliphatic heterocycles. The number of nitrogens with one attached hydrogen (secondary N) is 1. The number of aliphatic hydroxyl groups is 1. The number of carbonyl (C=O) groups excluding carboxylic acids is 3. The van der Waals surface area contributed by atoms with E-state index in [2.05, 4.69) is 23.2 Å². The van der Waals surface area contributed by atoms with Gasteiger partial charge in [-0.3, -0.25) is 19.5 Å². The van der Waals surface area contributed by atoms with Gasteiger partial charge in [0.15, 0.2) is 12.2 Å². The molecule has 9 heteroatoms. The molecule has 4 aliphatic rings. The minimum absolute atomic E-state index is 0.0713. The minimum atomic E-state index is -1.51. The first-order valence-corrected chi connectivity index (χ1v) is 14.3. The van der Waals surface area contributed by atoms with E-state index in [4.69, 9.17) is 21.1 Å². The summed E-state index contributed by atoms with van der Waals surface area (Å²) in [6.45, 7) is 8.94. The molecule has 5 rings (SSSR count). The van der Waals surface area contributed by atoms with E-state index in [0.29, 0.717) is 12.8 Å². The maximum absolute atomic E-state index is 14.0. The molecule has 0 saturated heterocycles. The summed E-state index contributed by atoms with van der Waals surface area (Å²) < 4.78 is 11.4. The fraction of sp³-hybridized carbons (Fsp3) is 0.724. The highest BCUT2D eigenvalue weighted by Crippen LogP contribution is 2.72. The van der Waals surface area contributed by atoms with Crippen LogP contribution in [0.15, 0.2) is 11.8 Å². The molecule has 3 saturated carbocycles. The van der Waals surface area contributed by atoms with Crippen LogP contribution < -0.4 is 0 Å². The Morgan fingerprint density at radius 3 is 2.58 bits per heavy atom. The van der Waals surface area contributed by atoms with Gasteiger partial charge in [-0.05, 0) is 55.6 Å². The van der Waals surface area contributed by atoms with E-state index in [1.165, 1.54) is 5.57 Å². The zero-order chi connectivity index (χ0) is 27.7. The Kier molecular flexibility index (Phi) is 6.62. The fourth-order valence-electron chi connectivity index (χ4n) is 8.76. The second-order valence-electron chi connectivity index (χ2n) is 12.3. The van der Waals surface area contributed by atoms with E-state index in [1.807, 2.05) is 20.0 Å². The van der Waals surface area contributed by atoms with Crippen LogP contribution in [0.25, 0.3) is 6.08 Å². The van der Waals surface area contributed by atoms with Crippen molar-refractivity contribution in [3.05, 3.63) is 23.0 Å². The molecule has 1 aromatic rings. The van der Waals surface area contributed by atoms with Crippen molar-refractivity contribution in [2.75, 3.05) is 6.61 Å². The Morgan fingerprint density at radius 2 is 1.89 bits per heavy atom. The minimum Gasteiger partial charge on any atom is -0.457 e. The topological polar surface area (TPSA) is 119 Å². The molecule has 1 heterocycles. The Labute approximate surface area is 228 Å². The monoisotopic (exact) mass is 546 g/mol. The number of ether oxygens (including phenoxy) is 2. The molecule has 8 atom stereocenters. The molecule has 0 radical (unpaired) electrons. The Hall–Kier alpha value is -2.19. The summed E-state index contributed by atoms with van der Waals surface area (Å²) in [7, 11) is 0. The van der Waals surface area contributed by atoms with E-state index in [0.717, 1.165) is 24.1 Å². The third kappa shape index (κ3) is 3.44.